The van der Waals surface area contributed by atoms with Crippen molar-refractivity contribution in [3.63, 3.8) is 0 Å². The summed E-state index contributed by atoms with van der Waals surface area (Å²) in [5.74, 6) is 0. The Morgan fingerprint density at radius 1 is 1.14 bits per heavy atom. The van der Waals surface area contributed by atoms with E-state index in [9.17, 15) is 5.26 Å². The first kappa shape index (κ1) is 13.9. The number of nitrogens with zero attached hydrogens (tertiary/aromatic N) is 1. The van der Waals surface area contributed by atoms with E-state index >= 15 is 0 Å². The molecule has 1 aliphatic carbocycles. The number of fused-ring (bicyclic) bond motifs is 1. The molecule has 0 radical (unpaired) electrons. The van der Waals surface area contributed by atoms with Gasteiger partial charge in [-0.3, -0.25) is 5.32 Å². The van der Waals surface area contributed by atoms with Crippen molar-refractivity contribution in [3.05, 3.63) is 70.8 Å². The minimum atomic E-state index is -0.434. The number of hydrogen-bond donors (Lipinski definition) is 1. The molecule has 21 heavy (non-hydrogen) atoms. The molecule has 0 bridgehead atoms. The van der Waals surface area contributed by atoms with Crippen LogP contribution in [0.3, 0.4) is 0 Å². The fraction of sp³-hybridized carbons (Fsp3) is 0.316. The third-order valence-corrected chi connectivity index (χ3v) is 4.36. The van der Waals surface area contributed by atoms with Crippen molar-refractivity contribution in [2.45, 2.75) is 38.3 Å². The molecule has 0 heterocycles. The Hall–Kier alpha value is -2.11. The molecular weight excluding hydrogens is 256 g/mol. The van der Waals surface area contributed by atoms with Crippen LogP contribution in [0.15, 0.2) is 48.5 Å². The van der Waals surface area contributed by atoms with Crippen LogP contribution < -0.4 is 5.32 Å². The maximum Gasteiger partial charge on any atom is 0.111 e. The summed E-state index contributed by atoms with van der Waals surface area (Å²) >= 11 is 0. The molecule has 0 saturated carbocycles. The predicted octanol–water partition coefficient (Wildman–Crippen LogP) is 3.54. The summed E-state index contributed by atoms with van der Waals surface area (Å²) in [5.41, 5.74) is 4.78. The first-order chi connectivity index (χ1) is 10.2. The van der Waals surface area contributed by atoms with Gasteiger partial charge >= 0.3 is 0 Å². The number of hydrogen-bond acceptors (Lipinski definition) is 2. The summed E-state index contributed by atoms with van der Waals surface area (Å²) in [7, 11) is 0. The van der Waals surface area contributed by atoms with Gasteiger partial charge in [-0.2, -0.15) is 5.26 Å². The first-order valence-corrected chi connectivity index (χ1v) is 7.49. The molecule has 1 aliphatic rings. The quantitative estimate of drug-likeness (QED) is 0.930. The molecule has 0 aliphatic heterocycles. The summed E-state index contributed by atoms with van der Waals surface area (Å²) in [5, 5.41) is 13.2. The van der Waals surface area contributed by atoms with Gasteiger partial charge in [-0.25, -0.2) is 0 Å². The van der Waals surface area contributed by atoms with E-state index in [-0.39, 0.29) is 0 Å². The lowest BCUT2D eigenvalue weighted by molar-refractivity contribution is 0.364. The van der Waals surface area contributed by atoms with Crippen molar-refractivity contribution >= 4 is 0 Å². The minimum Gasteiger partial charge on any atom is -0.295 e. The van der Waals surface area contributed by atoms with Crippen molar-refractivity contribution in [2.75, 3.05) is 0 Å². The first-order valence-electron chi connectivity index (χ1n) is 7.49. The zero-order valence-corrected chi connectivity index (χ0v) is 12.4. The second kappa shape index (κ2) is 5.71. The Morgan fingerprint density at radius 3 is 2.71 bits per heavy atom. The van der Waals surface area contributed by atoms with Crippen LogP contribution in [-0.2, 0) is 19.4 Å². The van der Waals surface area contributed by atoms with E-state index in [2.05, 4.69) is 48.6 Å². The van der Waals surface area contributed by atoms with Crippen molar-refractivity contribution in [1.29, 1.82) is 5.26 Å². The van der Waals surface area contributed by atoms with E-state index in [1.165, 1.54) is 22.3 Å². The molecule has 0 fully saturated rings. The van der Waals surface area contributed by atoms with Gasteiger partial charge in [-0.05, 0) is 36.5 Å². The van der Waals surface area contributed by atoms with Crippen molar-refractivity contribution in [3.8, 4) is 6.07 Å². The van der Waals surface area contributed by atoms with Gasteiger partial charge in [0, 0.05) is 13.0 Å². The lowest BCUT2D eigenvalue weighted by Crippen LogP contribution is -2.48. The van der Waals surface area contributed by atoms with Crippen LogP contribution in [0.2, 0.25) is 0 Å². The molecule has 2 aromatic carbocycles. The Morgan fingerprint density at radius 2 is 1.95 bits per heavy atom. The second-order valence-corrected chi connectivity index (χ2v) is 5.98. The monoisotopic (exact) mass is 276 g/mol. The molecule has 0 saturated heterocycles. The van der Waals surface area contributed by atoms with E-state index in [0.717, 1.165) is 25.8 Å². The summed E-state index contributed by atoms with van der Waals surface area (Å²) in [6.07, 6.45) is 2.66. The topological polar surface area (TPSA) is 35.8 Å². The van der Waals surface area contributed by atoms with E-state index in [4.69, 9.17) is 0 Å². The molecule has 0 spiro atoms. The van der Waals surface area contributed by atoms with Crippen LogP contribution in [0.25, 0.3) is 0 Å². The molecule has 2 nitrogen and oxygen atoms in total. The highest BCUT2D eigenvalue weighted by atomic mass is 15.0. The van der Waals surface area contributed by atoms with E-state index < -0.39 is 5.54 Å². The van der Waals surface area contributed by atoms with Crippen molar-refractivity contribution in [1.82, 2.24) is 5.32 Å². The summed E-state index contributed by atoms with van der Waals surface area (Å²) in [6.45, 7) is 2.86. The van der Waals surface area contributed by atoms with Gasteiger partial charge in [0.15, 0.2) is 0 Å². The third kappa shape index (κ3) is 2.99. The largest absolute Gasteiger partial charge is 0.295 e. The fourth-order valence-electron chi connectivity index (χ4n) is 3.08. The van der Waals surface area contributed by atoms with E-state index in [0.29, 0.717) is 0 Å². The predicted molar refractivity (Wildman–Crippen MR) is 84.8 cm³/mol. The second-order valence-electron chi connectivity index (χ2n) is 5.98. The molecule has 1 atom stereocenters. The standard InChI is InChI=1S/C19H20N2/c1-15-7-8-17-9-10-19(14-20,12-18(17)11-15)21-13-16-5-3-2-4-6-16/h2-8,11,21H,9-10,12-13H2,1H3. The molecule has 3 rings (SSSR count). The Bertz CT molecular complexity index is 670. The van der Waals surface area contributed by atoms with Crippen molar-refractivity contribution < 1.29 is 0 Å². The molecule has 1 unspecified atom stereocenters. The number of nitrogens with one attached hydrogen (secondary N) is 1. The van der Waals surface area contributed by atoms with Crippen LogP contribution in [0, 0.1) is 18.3 Å². The van der Waals surface area contributed by atoms with Gasteiger partial charge < -0.3 is 0 Å². The van der Waals surface area contributed by atoms with Gasteiger partial charge in [0.2, 0.25) is 0 Å². The van der Waals surface area contributed by atoms with Crippen LogP contribution in [0.5, 0.6) is 0 Å². The highest BCUT2D eigenvalue weighted by Crippen LogP contribution is 2.29. The lowest BCUT2D eigenvalue weighted by atomic mass is 9.78. The Labute approximate surface area is 126 Å². The number of aryl methyl sites for hydroxylation is 2. The minimum absolute atomic E-state index is 0.434. The van der Waals surface area contributed by atoms with Crippen molar-refractivity contribution in [2.24, 2.45) is 0 Å². The molecule has 2 heteroatoms. The van der Waals surface area contributed by atoms with Gasteiger partial charge in [0.1, 0.15) is 5.54 Å². The van der Waals surface area contributed by atoms with Gasteiger partial charge in [0.25, 0.3) is 0 Å². The number of benzene rings is 2. The number of rotatable bonds is 3. The molecule has 0 amide bonds. The van der Waals surface area contributed by atoms with Gasteiger partial charge in [0.05, 0.1) is 6.07 Å². The Balaban J connectivity index is 1.78. The number of nitriles is 1. The zero-order chi connectivity index (χ0) is 14.7. The average molecular weight is 276 g/mol. The SMILES string of the molecule is Cc1ccc2c(c1)CC(C#N)(NCc1ccccc1)CC2. The fourth-order valence-corrected chi connectivity index (χ4v) is 3.08. The maximum atomic E-state index is 9.70. The molecule has 0 aromatic heterocycles. The molecule has 106 valence electrons. The van der Waals surface area contributed by atoms with Crippen LogP contribution in [0.4, 0.5) is 0 Å². The van der Waals surface area contributed by atoms with Crippen LogP contribution in [-0.4, -0.2) is 5.54 Å². The summed E-state index contributed by atoms with van der Waals surface area (Å²) < 4.78 is 0. The summed E-state index contributed by atoms with van der Waals surface area (Å²) in [6, 6.07) is 19.4. The van der Waals surface area contributed by atoms with Gasteiger partial charge in [-0.1, -0.05) is 54.1 Å². The normalized spacial score (nSPS) is 20.6. The molecular formula is C19H20N2. The van der Waals surface area contributed by atoms with E-state index in [1.807, 2.05) is 18.2 Å². The van der Waals surface area contributed by atoms with Crippen LogP contribution >= 0.6 is 0 Å². The lowest BCUT2D eigenvalue weighted by Gasteiger charge is -2.33. The summed E-state index contributed by atoms with van der Waals surface area (Å²) in [4.78, 5) is 0. The van der Waals surface area contributed by atoms with Gasteiger partial charge in [-0.15, -0.1) is 0 Å². The van der Waals surface area contributed by atoms with E-state index in [1.54, 1.807) is 0 Å². The maximum absolute atomic E-state index is 9.70. The highest BCUT2D eigenvalue weighted by molar-refractivity contribution is 5.38. The third-order valence-electron chi connectivity index (χ3n) is 4.36. The molecule has 2 aromatic rings. The van der Waals surface area contributed by atoms with Crippen LogP contribution in [0.1, 0.15) is 28.7 Å². The zero-order valence-electron chi connectivity index (χ0n) is 12.4. The molecule has 1 N–H and O–H groups in total. The highest BCUT2D eigenvalue weighted by Gasteiger charge is 2.34. The average Bonchev–Trinajstić information content (AvgIpc) is 2.53. The smallest absolute Gasteiger partial charge is 0.111 e. The Kier molecular flexibility index (Phi) is 3.77.